The molecule has 0 unspecified atom stereocenters. The van der Waals surface area contributed by atoms with Gasteiger partial charge in [-0.15, -0.1) is 0 Å². The van der Waals surface area contributed by atoms with Crippen LogP contribution in [0.4, 0.5) is 0 Å². The Labute approximate surface area is 186 Å². The van der Waals surface area contributed by atoms with Crippen LogP contribution in [0.3, 0.4) is 0 Å². The van der Waals surface area contributed by atoms with Gasteiger partial charge in [0.1, 0.15) is 11.8 Å². The van der Waals surface area contributed by atoms with Gasteiger partial charge in [0, 0.05) is 18.5 Å². The smallest absolute Gasteiger partial charge is 0.243 e. The molecule has 5 heteroatoms. The highest BCUT2D eigenvalue weighted by Gasteiger charge is 2.30. The number of nitrogens with one attached hydrogen (secondary N) is 1. The largest absolute Gasteiger partial charge is 0.494 e. The van der Waals surface area contributed by atoms with Crippen molar-refractivity contribution in [3.05, 3.63) is 66.2 Å². The van der Waals surface area contributed by atoms with E-state index in [4.69, 9.17) is 4.74 Å². The molecule has 0 radical (unpaired) electrons. The number of benzene rings is 2. The van der Waals surface area contributed by atoms with E-state index in [2.05, 4.69) is 5.32 Å². The van der Waals surface area contributed by atoms with E-state index in [9.17, 15) is 9.59 Å². The Morgan fingerprint density at radius 2 is 1.61 bits per heavy atom. The van der Waals surface area contributed by atoms with Gasteiger partial charge in [0.2, 0.25) is 11.8 Å². The van der Waals surface area contributed by atoms with Gasteiger partial charge in [-0.1, -0.05) is 55.5 Å². The molecule has 0 aromatic heterocycles. The zero-order valence-electron chi connectivity index (χ0n) is 19.3. The maximum absolute atomic E-state index is 13.1. The molecule has 0 aliphatic rings. The van der Waals surface area contributed by atoms with Crippen LogP contribution in [0.5, 0.6) is 5.75 Å². The minimum Gasteiger partial charge on any atom is -0.494 e. The maximum atomic E-state index is 13.1. The number of carbonyl (C=O) groups is 2. The van der Waals surface area contributed by atoms with Crippen molar-refractivity contribution in [2.24, 2.45) is 0 Å². The van der Waals surface area contributed by atoms with Gasteiger partial charge in [-0.25, -0.2) is 0 Å². The van der Waals surface area contributed by atoms with Gasteiger partial charge in [0.15, 0.2) is 0 Å². The predicted octanol–water partition coefficient (Wildman–Crippen LogP) is 4.61. The number of ether oxygens (including phenoxy) is 1. The summed E-state index contributed by atoms with van der Waals surface area (Å²) in [4.78, 5) is 27.8. The first-order valence-corrected chi connectivity index (χ1v) is 11.1. The molecule has 1 N–H and O–H groups in total. The molecule has 168 valence electrons. The third kappa shape index (κ3) is 8.83. The van der Waals surface area contributed by atoms with Crippen LogP contribution < -0.4 is 10.1 Å². The highest BCUT2D eigenvalue weighted by Crippen LogP contribution is 2.14. The molecule has 2 aromatic rings. The molecule has 2 rings (SSSR count). The Bertz CT molecular complexity index is 800. The third-order valence-electron chi connectivity index (χ3n) is 4.92. The van der Waals surface area contributed by atoms with Crippen LogP contribution in [0.1, 0.15) is 52.5 Å². The lowest BCUT2D eigenvalue weighted by Gasteiger charge is -2.33. The number of carbonyl (C=O) groups excluding carboxylic acids is 2. The van der Waals surface area contributed by atoms with Crippen molar-refractivity contribution in [2.45, 2.75) is 65.0 Å². The minimum absolute atomic E-state index is 0.0106. The quantitative estimate of drug-likeness (QED) is 0.536. The number of hydrogen-bond acceptors (Lipinski definition) is 3. The summed E-state index contributed by atoms with van der Waals surface area (Å²) in [6, 6.07) is 19.2. The molecule has 0 saturated carbocycles. The number of rotatable bonds is 11. The lowest BCUT2D eigenvalue weighted by Crippen LogP contribution is -2.54. The van der Waals surface area contributed by atoms with E-state index in [0.717, 1.165) is 11.3 Å². The van der Waals surface area contributed by atoms with Crippen LogP contribution in [0.2, 0.25) is 0 Å². The second kappa shape index (κ2) is 12.1. The van der Waals surface area contributed by atoms with Crippen LogP contribution in [0.25, 0.3) is 0 Å². The Morgan fingerprint density at radius 3 is 2.19 bits per heavy atom. The molecule has 0 fully saturated rings. The summed E-state index contributed by atoms with van der Waals surface area (Å²) < 4.78 is 5.72. The van der Waals surface area contributed by atoms with Gasteiger partial charge in [-0.3, -0.25) is 9.59 Å². The Hall–Kier alpha value is -2.82. The molecule has 5 nitrogen and oxygen atoms in total. The van der Waals surface area contributed by atoms with Crippen molar-refractivity contribution < 1.29 is 14.3 Å². The molecule has 0 spiro atoms. The summed E-state index contributed by atoms with van der Waals surface area (Å²) in [6.45, 7) is 8.79. The first kappa shape index (κ1) is 24.4. The lowest BCUT2D eigenvalue weighted by molar-refractivity contribution is -0.141. The third-order valence-corrected chi connectivity index (χ3v) is 4.92. The number of nitrogens with zero attached hydrogens (tertiary/aromatic N) is 1. The average molecular weight is 425 g/mol. The Balaban J connectivity index is 2.01. The molecule has 0 bridgehead atoms. The van der Waals surface area contributed by atoms with Crippen LogP contribution in [0, 0.1) is 0 Å². The summed E-state index contributed by atoms with van der Waals surface area (Å²) in [7, 11) is 0. The van der Waals surface area contributed by atoms with E-state index in [1.165, 1.54) is 0 Å². The van der Waals surface area contributed by atoms with E-state index in [1.54, 1.807) is 4.90 Å². The van der Waals surface area contributed by atoms with E-state index >= 15 is 0 Å². The molecule has 1 atom stereocenters. The zero-order valence-corrected chi connectivity index (χ0v) is 19.3. The van der Waals surface area contributed by atoms with Crippen molar-refractivity contribution in [2.75, 3.05) is 13.2 Å². The molecule has 2 amide bonds. The van der Waals surface area contributed by atoms with Crippen LogP contribution in [0.15, 0.2) is 60.7 Å². The van der Waals surface area contributed by atoms with Gasteiger partial charge < -0.3 is 15.0 Å². The van der Waals surface area contributed by atoms with Gasteiger partial charge in [0.25, 0.3) is 0 Å². The fraction of sp³-hybridized carbons (Fsp3) is 0.462. The Morgan fingerprint density at radius 1 is 1.00 bits per heavy atom. The summed E-state index contributed by atoms with van der Waals surface area (Å²) in [6.07, 6.45) is 2.24. The second-order valence-electron chi connectivity index (χ2n) is 8.75. The van der Waals surface area contributed by atoms with Crippen molar-refractivity contribution in [3.8, 4) is 5.75 Å². The average Bonchev–Trinajstić information content (AvgIpc) is 2.74. The van der Waals surface area contributed by atoms with Crippen molar-refractivity contribution in [1.82, 2.24) is 10.2 Å². The highest BCUT2D eigenvalue weighted by atomic mass is 16.5. The SMILES string of the molecule is CC[C@H](C(=O)NC(C)(C)C)N(CCc1ccccc1)C(=O)CCCOc1ccccc1. The predicted molar refractivity (Wildman–Crippen MR) is 125 cm³/mol. The monoisotopic (exact) mass is 424 g/mol. The first-order valence-electron chi connectivity index (χ1n) is 11.1. The molecular weight excluding hydrogens is 388 g/mol. The van der Waals surface area contributed by atoms with Crippen LogP contribution in [-0.4, -0.2) is 41.4 Å². The van der Waals surface area contributed by atoms with Gasteiger partial charge in [0.05, 0.1) is 6.61 Å². The summed E-state index contributed by atoms with van der Waals surface area (Å²) >= 11 is 0. The molecule has 2 aromatic carbocycles. The Kier molecular flexibility index (Phi) is 9.57. The van der Waals surface area contributed by atoms with Crippen LogP contribution >= 0.6 is 0 Å². The molecule has 0 aliphatic carbocycles. The topological polar surface area (TPSA) is 58.6 Å². The van der Waals surface area contributed by atoms with E-state index in [-0.39, 0.29) is 17.4 Å². The molecular formula is C26H36N2O3. The van der Waals surface area contributed by atoms with Crippen LogP contribution in [-0.2, 0) is 16.0 Å². The van der Waals surface area contributed by atoms with Crippen molar-refractivity contribution >= 4 is 11.8 Å². The van der Waals surface area contributed by atoms with E-state index in [0.29, 0.717) is 38.8 Å². The second-order valence-corrected chi connectivity index (χ2v) is 8.75. The fourth-order valence-corrected chi connectivity index (χ4v) is 3.42. The van der Waals surface area contributed by atoms with Crippen molar-refractivity contribution in [1.29, 1.82) is 0 Å². The van der Waals surface area contributed by atoms with Gasteiger partial charge in [-0.05, 0) is 57.7 Å². The summed E-state index contributed by atoms with van der Waals surface area (Å²) in [5.41, 5.74) is 0.807. The molecule has 31 heavy (non-hydrogen) atoms. The zero-order chi connectivity index (χ0) is 22.7. The fourth-order valence-electron chi connectivity index (χ4n) is 3.42. The van der Waals surface area contributed by atoms with E-state index < -0.39 is 6.04 Å². The molecule has 0 aliphatic heterocycles. The molecule has 0 saturated heterocycles. The van der Waals surface area contributed by atoms with Gasteiger partial charge in [-0.2, -0.15) is 0 Å². The normalized spacial score (nSPS) is 12.1. The number of hydrogen-bond donors (Lipinski definition) is 1. The minimum atomic E-state index is -0.481. The van der Waals surface area contributed by atoms with E-state index in [1.807, 2.05) is 88.4 Å². The van der Waals surface area contributed by atoms with Gasteiger partial charge >= 0.3 is 0 Å². The first-order chi connectivity index (χ1) is 14.8. The number of para-hydroxylation sites is 1. The highest BCUT2D eigenvalue weighted by molar-refractivity contribution is 5.88. The molecule has 0 heterocycles. The lowest BCUT2D eigenvalue weighted by atomic mass is 10.0. The standard InChI is InChI=1S/C26H36N2O3/c1-5-23(25(30)27-26(2,3)4)28(19-18-21-13-8-6-9-14-21)24(29)17-12-20-31-22-15-10-7-11-16-22/h6-11,13-16,23H,5,12,17-20H2,1-4H3,(H,27,30)/t23-/m1/s1. The maximum Gasteiger partial charge on any atom is 0.243 e. The van der Waals surface area contributed by atoms with Crippen molar-refractivity contribution in [3.63, 3.8) is 0 Å². The summed E-state index contributed by atoms with van der Waals surface area (Å²) in [5.74, 6) is 0.687. The number of amides is 2. The summed E-state index contributed by atoms with van der Waals surface area (Å²) in [5, 5.41) is 3.03.